The highest BCUT2D eigenvalue weighted by molar-refractivity contribution is 5.80. The van der Waals surface area contributed by atoms with Crippen LogP contribution >= 0.6 is 0 Å². The summed E-state index contributed by atoms with van der Waals surface area (Å²) in [5.74, 6) is 1.76. The van der Waals surface area contributed by atoms with Crippen LogP contribution < -0.4 is 10.2 Å². The first-order valence-electron chi connectivity index (χ1n) is 8.19. The van der Waals surface area contributed by atoms with E-state index in [9.17, 15) is 4.79 Å². The molecule has 0 bridgehead atoms. The highest BCUT2D eigenvalue weighted by Gasteiger charge is 2.30. The van der Waals surface area contributed by atoms with Crippen molar-refractivity contribution in [2.75, 3.05) is 18.0 Å². The highest BCUT2D eigenvalue weighted by Crippen LogP contribution is 2.24. The van der Waals surface area contributed by atoms with E-state index < -0.39 is 0 Å². The SMILES string of the molecule is O=C(NC1CC1)[C@H]1CCCN(c2ccc(-n3cccn3)nn2)C1. The lowest BCUT2D eigenvalue weighted by molar-refractivity contribution is -0.125. The number of carbonyl (C=O) groups is 1. The fourth-order valence-electron chi connectivity index (χ4n) is 2.96. The Kier molecular flexibility index (Phi) is 3.69. The molecule has 0 spiro atoms. The van der Waals surface area contributed by atoms with E-state index in [-0.39, 0.29) is 11.8 Å². The van der Waals surface area contributed by atoms with E-state index in [0.717, 1.165) is 38.0 Å². The predicted octanol–water partition coefficient (Wildman–Crippen LogP) is 1.16. The van der Waals surface area contributed by atoms with E-state index in [0.29, 0.717) is 18.4 Å². The summed E-state index contributed by atoms with van der Waals surface area (Å²) in [5, 5.41) is 15.8. The van der Waals surface area contributed by atoms with Crippen LogP contribution in [0, 0.1) is 5.92 Å². The molecule has 2 aliphatic rings. The van der Waals surface area contributed by atoms with Gasteiger partial charge >= 0.3 is 0 Å². The van der Waals surface area contributed by atoms with Crippen LogP contribution in [-0.4, -0.2) is 45.0 Å². The molecule has 7 heteroatoms. The number of anilines is 1. The second-order valence-electron chi connectivity index (χ2n) is 6.27. The van der Waals surface area contributed by atoms with Gasteiger partial charge in [-0.25, -0.2) is 4.68 Å². The van der Waals surface area contributed by atoms with Crippen LogP contribution in [0.4, 0.5) is 5.82 Å². The van der Waals surface area contributed by atoms with Crippen molar-refractivity contribution < 1.29 is 4.79 Å². The average molecular weight is 312 g/mol. The lowest BCUT2D eigenvalue weighted by Crippen LogP contribution is -2.44. The molecule has 4 rings (SSSR count). The van der Waals surface area contributed by atoms with Crippen molar-refractivity contribution in [2.45, 2.75) is 31.7 Å². The summed E-state index contributed by atoms with van der Waals surface area (Å²) < 4.78 is 1.68. The molecule has 7 nitrogen and oxygen atoms in total. The molecule has 23 heavy (non-hydrogen) atoms. The minimum Gasteiger partial charge on any atom is -0.354 e. The number of carbonyl (C=O) groups excluding carboxylic acids is 1. The van der Waals surface area contributed by atoms with Crippen molar-refractivity contribution in [1.82, 2.24) is 25.3 Å². The lowest BCUT2D eigenvalue weighted by atomic mass is 9.97. The summed E-state index contributed by atoms with van der Waals surface area (Å²) in [6.45, 7) is 1.64. The lowest BCUT2D eigenvalue weighted by Gasteiger charge is -2.32. The topological polar surface area (TPSA) is 75.9 Å². The van der Waals surface area contributed by atoms with E-state index in [4.69, 9.17) is 0 Å². The fourth-order valence-corrected chi connectivity index (χ4v) is 2.96. The quantitative estimate of drug-likeness (QED) is 0.917. The van der Waals surface area contributed by atoms with Gasteiger partial charge in [-0.05, 0) is 43.9 Å². The van der Waals surface area contributed by atoms with Crippen LogP contribution in [-0.2, 0) is 4.79 Å². The van der Waals surface area contributed by atoms with Gasteiger partial charge in [0.2, 0.25) is 5.91 Å². The van der Waals surface area contributed by atoms with Crippen LogP contribution in [0.15, 0.2) is 30.6 Å². The number of piperidine rings is 1. The van der Waals surface area contributed by atoms with Gasteiger partial charge in [0.1, 0.15) is 0 Å². The molecule has 2 aromatic heterocycles. The minimum atomic E-state index is 0.0527. The summed E-state index contributed by atoms with van der Waals surface area (Å²) in [6.07, 6.45) is 7.76. The smallest absolute Gasteiger partial charge is 0.225 e. The van der Waals surface area contributed by atoms with Crippen LogP contribution in [0.5, 0.6) is 0 Å². The molecule has 1 saturated heterocycles. The molecule has 2 fully saturated rings. The summed E-state index contributed by atoms with van der Waals surface area (Å²) in [4.78, 5) is 14.4. The number of hydrogen-bond acceptors (Lipinski definition) is 5. The number of rotatable bonds is 4. The molecule has 1 N–H and O–H groups in total. The Morgan fingerprint density at radius 1 is 1.17 bits per heavy atom. The number of aromatic nitrogens is 4. The molecular weight excluding hydrogens is 292 g/mol. The van der Waals surface area contributed by atoms with Gasteiger partial charge in [-0.2, -0.15) is 5.10 Å². The fraction of sp³-hybridized carbons (Fsp3) is 0.500. The van der Waals surface area contributed by atoms with E-state index >= 15 is 0 Å². The van der Waals surface area contributed by atoms with Gasteiger partial charge in [0.05, 0.1) is 5.92 Å². The number of nitrogens with zero attached hydrogens (tertiary/aromatic N) is 5. The number of amides is 1. The third-order valence-corrected chi connectivity index (χ3v) is 4.42. The van der Waals surface area contributed by atoms with Crippen molar-refractivity contribution in [2.24, 2.45) is 5.92 Å². The van der Waals surface area contributed by atoms with Crippen LogP contribution in [0.2, 0.25) is 0 Å². The number of hydrogen-bond donors (Lipinski definition) is 1. The van der Waals surface area contributed by atoms with Gasteiger partial charge in [-0.3, -0.25) is 4.79 Å². The highest BCUT2D eigenvalue weighted by atomic mass is 16.2. The van der Waals surface area contributed by atoms with Gasteiger partial charge < -0.3 is 10.2 Å². The molecule has 1 amide bonds. The van der Waals surface area contributed by atoms with Gasteiger partial charge in [0.15, 0.2) is 11.6 Å². The van der Waals surface area contributed by atoms with Gasteiger partial charge in [-0.15, -0.1) is 10.2 Å². The minimum absolute atomic E-state index is 0.0527. The largest absolute Gasteiger partial charge is 0.354 e. The summed E-state index contributed by atoms with van der Waals surface area (Å²) in [5.41, 5.74) is 0. The zero-order valence-corrected chi connectivity index (χ0v) is 12.9. The Balaban J connectivity index is 1.43. The maximum atomic E-state index is 12.2. The van der Waals surface area contributed by atoms with Crippen LogP contribution in [0.1, 0.15) is 25.7 Å². The molecule has 0 unspecified atom stereocenters. The summed E-state index contributed by atoms with van der Waals surface area (Å²) in [7, 11) is 0. The second-order valence-corrected chi connectivity index (χ2v) is 6.27. The third-order valence-electron chi connectivity index (χ3n) is 4.42. The number of nitrogens with one attached hydrogen (secondary N) is 1. The Morgan fingerprint density at radius 3 is 2.70 bits per heavy atom. The van der Waals surface area contributed by atoms with Crippen molar-refractivity contribution in [3.63, 3.8) is 0 Å². The Labute approximate surface area is 134 Å². The van der Waals surface area contributed by atoms with Crippen molar-refractivity contribution in [1.29, 1.82) is 0 Å². The molecule has 1 atom stereocenters. The zero-order chi connectivity index (χ0) is 15.6. The molecule has 1 aliphatic heterocycles. The van der Waals surface area contributed by atoms with Gasteiger partial charge in [0, 0.05) is 31.5 Å². The van der Waals surface area contributed by atoms with Crippen LogP contribution in [0.25, 0.3) is 5.82 Å². The van der Waals surface area contributed by atoms with E-state index in [1.807, 2.05) is 24.4 Å². The maximum absolute atomic E-state index is 12.2. The molecule has 0 radical (unpaired) electrons. The molecule has 120 valence electrons. The molecule has 3 heterocycles. The van der Waals surface area contributed by atoms with Crippen molar-refractivity contribution in [3.8, 4) is 5.82 Å². The Morgan fingerprint density at radius 2 is 2.00 bits per heavy atom. The molecule has 1 aliphatic carbocycles. The first kappa shape index (κ1) is 14.2. The maximum Gasteiger partial charge on any atom is 0.225 e. The van der Waals surface area contributed by atoms with Gasteiger partial charge in [-0.1, -0.05) is 0 Å². The first-order valence-corrected chi connectivity index (χ1v) is 8.19. The monoisotopic (exact) mass is 312 g/mol. The van der Waals surface area contributed by atoms with Crippen molar-refractivity contribution in [3.05, 3.63) is 30.6 Å². The zero-order valence-electron chi connectivity index (χ0n) is 12.9. The standard InChI is InChI=1S/C16H20N6O/c23-16(18-13-4-5-13)12-3-1-9-21(11-12)14-6-7-15(20-19-14)22-10-2-8-17-22/h2,6-8,10,12-13H,1,3-5,9,11H2,(H,18,23)/t12-/m0/s1. The van der Waals surface area contributed by atoms with Crippen LogP contribution in [0.3, 0.4) is 0 Å². The molecular formula is C16H20N6O. The first-order chi connectivity index (χ1) is 11.3. The van der Waals surface area contributed by atoms with Crippen molar-refractivity contribution >= 4 is 11.7 Å². The van der Waals surface area contributed by atoms with E-state index in [2.05, 4.69) is 25.5 Å². The normalized spacial score (nSPS) is 21.2. The second kappa shape index (κ2) is 5.98. The Hall–Kier alpha value is -2.44. The van der Waals surface area contributed by atoms with Gasteiger partial charge in [0.25, 0.3) is 0 Å². The van der Waals surface area contributed by atoms with E-state index in [1.165, 1.54) is 0 Å². The Bertz CT molecular complexity index is 664. The summed E-state index contributed by atoms with van der Waals surface area (Å²) in [6, 6.07) is 6.13. The predicted molar refractivity (Wildman–Crippen MR) is 85.3 cm³/mol. The average Bonchev–Trinajstić information content (AvgIpc) is 3.24. The summed E-state index contributed by atoms with van der Waals surface area (Å²) >= 11 is 0. The molecule has 1 saturated carbocycles. The van der Waals surface area contributed by atoms with E-state index in [1.54, 1.807) is 10.9 Å². The third kappa shape index (κ3) is 3.18. The molecule has 0 aromatic carbocycles. The molecule has 2 aromatic rings.